The molecule has 0 fully saturated rings. The minimum atomic E-state index is -1.90. The number of rotatable bonds is 7. The summed E-state index contributed by atoms with van der Waals surface area (Å²) in [7, 11) is -1.90. The normalized spacial score (nSPS) is 15.7. The number of furan rings is 1. The van der Waals surface area contributed by atoms with E-state index < -0.39 is 10.0 Å². The summed E-state index contributed by atoms with van der Waals surface area (Å²) >= 11 is 0. The molecule has 0 saturated carbocycles. The van der Waals surface area contributed by atoms with Gasteiger partial charge in [0.25, 0.3) is 6.71 Å². The van der Waals surface area contributed by atoms with Crippen LogP contribution in [0.25, 0.3) is 22.1 Å². The number of nitrogens with zero attached hydrogens (tertiary/aromatic N) is 2. The van der Waals surface area contributed by atoms with E-state index in [-0.39, 0.29) is 33.8 Å². The van der Waals surface area contributed by atoms with Gasteiger partial charge in [0.1, 0.15) is 5.58 Å². The molecule has 0 amide bonds. The molecule has 3 heterocycles. The molecular formula is C76H77BN2OS. The summed E-state index contributed by atoms with van der Waals surface area (Å²) in [5, 5.41) is 1.18. The number of fused-ring (bicyclic) bond motifs is 7. The Kier molecular flexibility index (Phi) is 12.3. The summed E-state index contributed by atoms with van der Waals surface area (Å²) < 4.78 is 7.47. The van der Waals surface area contributed by atoms with E-state index in [1.54, 1.807) is 0 Å². The maximum absolute atomic E-state index is 7.47. The van der Waals surface area contributed by atoms with E-state index in [1.165, 1.54) is 80.5 Å². The van der Waals surface area contributed by atoms with Crippen molar-refractivity contribution in [3.63, 3.8) is 0 Å². The number of benzene rings is 9. The molecule has 3 aliphatic rings. The molecule has 2 aliphatic heterocycles. The van der Waals surface area contributed by atoms with Crippen molar-refractivity contribution in [1.29, 1.82) is 0 Å². The molecule has 1 aromatic heterocycles. The fourth-order valence-electron chi connectivity index (χ4n) is 13.5. The molecular weight excluding hydrogens is 1000 g/mol. The van der Waals surface area contributed by atoms with Gasteiger partial charge in [-0.3, -0.25) is 4.90 Å². The standard InChI is InChI=1S/C76H77BN2OS/c1-72(2,3)52-31-36-55(37-32-52)78-65-49-63-62(75(10,11)43-44-76(63,12)13)48-64(65)77-69-61-47-54(74(7,8)9)35-42-68(61)80-71(69)79(56-38-33-53(34-39-56)73(4,5)6)67-46-51(45-66(78)70(67)77)50-29-40-60(41-30-50)81(57-23-17-14-18-24-57,58-25-19-15-20-26-58)59-27-21-16-22-28-59/h14-42,45-49H,43-44H2,1-13H3. The van der Waals surface area contributed by atoms with Crippen LogP contribution in [-0.2, 0) is 27.1 Å². The van der Waals surface area contributed by atoms with Crippen LogP contribution in [0.3, 0.4) is 0 Å². The van der Waals surface area contributed by atoms with Gasteiger partial charge >= 0.3 is 0 Å². The van der Waals surface area contributed by atoms with Gasteiger partial charge in [0.2, 0.25) is 5.88 Å². The van der Waals surface area contributed by atoms with Gasteiger partial charge in [-0.25, -0.2) is 0 Å². The van der Waals surface area contributed by atoms with Crippen molar-refractivity contribution < 1.29 is 4.42 Å². The Morgan fingerprint density at radius 1 is 0.407 bits per heavy atom. The number of hydrogen-bond donors (Lipinski definition) is 0. The Morgan fingerprint density at radius 3 is 1.32 bits per heavy atom. The lowest BCUT2D eigenvalue weighted by atomic mass is 9.33. The van der Waals surface area contributed by atoms with Crippen LogP contribution in [0.4, 0.5) is 34.3 Å². The third-order valence-corrected chi connectivity index (χ3v) is 22.3. The quantitative estimate of drug-likeness (QED) is 0.148. The Labute approximate surface area is 484 Å². The Hall–Kier alpha value is -7.47. The molecule has 10 aromatic rings. The van der Waals surface area contributed by atoms with Crippen LogP contribution in [-0.4, -0.2) is 6.71 Å². The molecule has 5 heteroatoms. The second-order valence-electron chi connectivity index (χ2n) is 27.7. The predicted octanol–water partition coefficient (Wildman–Crippen LogP) is 19.8. The first kappa shape index (κ1) is 52.9. The van der Waals surface area contributed by atoms with Gasteiger partial charge in [0, 0.05) is 58.9 Å². The summed E-state index contributed by atoms with van der Waals surface area (Å²) in [5.41, 5.74) is 19.6. The summed E-state index contributed by atoms with van der Waals surface area (Å²) in [6.45, 7) is 30.6. The van der Waals surface area contributed by atoms with Crippen LogP contribution in [0.5, 0.6) is 0 Å². The summed E-state index contributed by atoms with van der Waals surface area (Å²) in [5.74, 6) is 0.892. The average Bonchev–Trinajstić information content (AvgIpc) is 2.97. The second kappa shape index (κ2) is 18.8. The highest BCUT2D eigenvalue weighted by Crippen LogP contribution is 2.73. The number of hydrogen-bond acceptors (Lipinski definition) is 3. The van der Waals surface area contributed by atoms with E-state index in [0.717, 1.165) is 52.5 Å². The van der Waals surface area contributed by atoms with Crippen molar-refractivity contribution >= 4 is 78.4 Å². The third kappa shape index (κ3) is 8.63. The van der Waals surface area contributed by atoms with Crippen LogP contribution in [0.15, 0.2) is 230 Å². The topological polar surface area (TPSA) is 19.6 Å². The first-order valence-corrected chi connectivity index (χ1v) is 31.0. The highest BCUT2D eigenvalue weighted by Gasteiger charge is 2.49. The fourth-order valence-corrected chi connectivity index (χ4v) is 17.4. The molecule has 0 radical (unpaired) electrons. The van der Waals surface area contributed by atoms with Crippen LogP contribution in [0.2, 0.25) is 0 Å². The first-order valence-electron chi connectivity index (χ1n) is 29.4. The molecule has 0 N–H and O–H groups in total. The minimum absolute atomic E-state index is 0.00211. The van der Waals surface area contributed by atoms with E-state index in [0.29, 0.717) is 0 Å². The zero-order valence-corrected chi connectivity index (χ0v) is 50.6. The van der Waals surface area contributed by atoms with E-state index in [1.807, 2.05) is 0 Å². The van der Waals surface area contributed by atoms with E-state index in [2.05, 4.69) is 306 Å². The Bertz CT molecular complexity index is 3930. The Balaban J connectivity index is 1.13. The van der Waals surface area contributed by atoms with Crippen molar-refractivity contribution in [2.45, 2.75) is 150 Å². The first-order chi connectivity index (χ1) is 38.5. The zero-order chi connectivity index (χ0) is 56.6. The van der Waals surface area contributed by atoms with Crippen LogP contribution < -0.4 is 26.2 Å². The fraction of sp³-hybridized carbons (Fsp3) is 0.263. The van der Waals surface area contributed by atoms with Gasteiger partial charge in [-0.2, -0.15) is 0 Å². The van der Waals surface area contributed by atoms with Gasteiger partial charge in [-0.05, 0) is 193 Å². The van der Waals surface area contributed by atoms with Crippen molar-refractivity contribution in [2.75, 3.05) is 9.80 Å². The lowest BCUT2D eigenvalue weighted by Gasteiger charge is -2.47. The number of anilines is 6. The molecule has 0 bridgehead atoms. The van der Waals surface area contributed by atoms with Crippen LogP contribution in [0.1, 0.15) is 131 Å². The van der Waals surface area contributed by atoms with Gasteiger partial charge in [-0.1, -0.05) is 193 Å². The van der Waals surface area contributed by atoms with Crippen LogP contribution >= 0.6 is 10.0 Å². The van der Waals surface area contributed by atoms with Crippen molar-refractivity contribution in [2.24, 2.45) is 0 Å². The maximum Gasteiger partial charge on any atom is 0.257 e. The molecule has 0 unspecified atom stereocenters. The lowest BCUT2D eigenvalue weighted by molar-refractivity contribution is 0.332. The average molecular weight is 1080 g/mol. The zero-order valence-electron chi connectivity index (χ0n) is 49.8. The minimum Gasteiger partial charge on any atom is -0.440 e. The molecule has 0 spiro atoms. The molecule has 1 aliphatic carbocycles. The van der Waals surface area contributed by atoms with Gasteiger partial charge in [0.05, 0.1) is 0 Å². The highest BCUT2D eigenvalue weighted by atomic mass is 32.3. The molecule has 3 nitrogen and oxygen atoms in total. The van der Waals surface area contributed by atoms with Crippen molar-refractivity contribution in [1.82, 2.24) is 0 Å². The largest absolute Gasteiger partial charge is 0.440 e. The molecule has 0 atom stereocenters. The van der Waals surface area contributed by atoms with Crippen molar-refractivity contribution in [3.8, 4) is 11.1 Å². The highest BCUT2D eigenvalue weighted by molar-refractivity contribution is 8.34. The van der Waals surface area contributed by atoms with E-state index in [9.17, 15) is 0 Å². The Morgan fingerprint density at radius 2 is 0.840 bits per heavy atom. The third-order valence-electron chi connectivity index (χ3n) is 18.3. The van der Waals surface area contributed by atoms with Gasteiger partial charge in [-0.15, -0.1) is 10.0 Å². The molecule has 13 rings (SSSR count). The second-order valence-corrected chi connectivity index (χ2v) is 30.8. The molecule has 0 saturated heterocycles. The van der Waals surface area contributed by atoms with E-state index in [4.69, 9.17) is 4.42 Å². The monoisotopic (exact) mass is 1080 g/mol. The van der Waals surface area contributed by atoms with E-state index >= 15 is 0 Å². The lowest BCUT2D eigenvalue weighted by Crippen LogP contribution is -2.61. The smallest absolute Gasteiger partial charge is 0.257 e. The maximum atomic E-state index is 7.47. The van der Waals surface area contributed by atoms with Gasteiger partial charge < -0.3 is 9.32 Å². The predicted molar refractivity (Wildman–Crippen MR) is 347 cm³/mol. The summed E-state index contributed by atoms with van der Waals surface area (Å²) in [6, 6.07) is 79.2. The van der Waals surface area contributed by atoms with Crippen LogP contribution in [0, 0.1) is 0 Å². The molecule has 406 valence electrons. The van der Waals surface area contributed by atoms with Gasteiger partial charge in [0.15, 0.2) is 0 Å². The molecule has 9 aromatic carbocycles. The summed E-state index contributed by atoms with van der Waals surface area (Å²) in [6.07, 6.45) is 2.27. The molecule has 81 heavy (non-hydrogen) atoms. The summed E-state index contributed by atoms with van der Waals surface area (Å²) in [4.78, 5) is 10.3. The SMILES string of the molecule is CC(C)(C)c1ccc(N2c3cc4c(cc3B3c5c2cc(-c2ccc(S(c6ccccc6)(c6ccccc6)c6ccccc6)cc2)cc5N(c2ccc(C(C)(C)C)cc2)c2oc5ccc(C(C)(C)C)cc5c23)C(C)(C)CCC4(C)C)cc1. The van der Waals surface area contributed by atoms with Crippen molar-refractivity contribution in [3.05, 3.63) is 234 Å².